The topological polar surface area (TPSA) is 48.0 Å². The van der Waals surface area contributed by atoms with E-state index in [9.17, 15) is 4.79 Å². The number of benzene rings is 5. The highest BCUT2D eigenvalue weighted by Gasteiger charge is 2.69. The van der Waals surface area contributed by atoms with E-state index in [4.69, 9.17) is 14.2 Å². The third kappa shape index (κ3) is 3.13. The van der Waals surface area contributed by atoms with E-state index >= 15 is 0 Å². The largest absolute Gasteiger partial charge is 0.447 e. The summed E-state index contributed by atoms with van der Waals surface area (Å²) in [4.78, 5) is 16.8. The van der Waals surface area contributed by atoms with Crippen molar-refractivity contribution in [3.8, 4) is 22.6 Å². The first-order valence-electron chi connectivity index (χ1n) is 16.1. The van der Waals surface area contributed by atoms with E-state index in [1.165, 1.54) is 5.57 Å². The maximum Gasteiger partial charge on any atom is 0.447 e. The summed E-state index contributed by atoms with van der Waals surface area (Å²) in [7, 11) is 2.15. The zero-order chi connectivity index (χ0) is 31.7. The van der Waals surface area contributed by atoms with Crippen LogP contribution in [0.1, 0.15) is 40.2 Å². The molecule has 1 aliphatic carbocycles. The van der Waals surface area contributed by atoms with Gasteiger partial charge in [0.1, 0.15) is 11.5 Å². The molecule has 0 amide bonds. The van der Waals surface area contributed by atoms with Gasteiger partial charge in [-0.25, -0.2) is 4.79 Å². The first-order chi connectivity index (χ1) is 22.1. The number of rotatable bonds is 1. The van der Waals surface area contributed by atoms with Gasteiger partial charge in [-0.2, -0.15) is 0 Å². The zero-order valence-corrected chi connectivity index (χ0v) is 26.9. The fourth-order valence-electron chi connectivity index (χ4n) is 8.80. The minimum atomic E-state index is -1.81. The van der Waals surface area contributed by atoms with Crippen LogP contribution in [0.4, 0.5) is 5.69 Å². The predicted molar refractivity (Wildman–Crippen MR) is 183 cm³/mol. The molecule has 46 heavy (non-hydrogen) atoms. The Labute approximate surface area is 268 Å². The Hall–Kier alpha value is -5.03. The number of hydrogen-bond donors (Lipinski definition) is 0. The number of carbonyl (C=O) groups is 1. The molecule has 1 atom stereocenters. The molecule has 0 N–H and O–H groups in total. The second-order valence-corrected chi connectivity index (χ2v) is 13.9. The molecule has 5 aromatic carbocycles. The summed E-state index contributed by atoms with van der Waals surface area (Å²) in [5, 5.41) is 4.27. The molecule has 5 aromatic rings. The van der Waals surface area contributed by atoms with Crippen LogP contribution in [-0.2, 0) is 9.53 Å². The van der Waals surface area contributed by atoms with Crippen molar-refractivity contribution in [3.05, 3.63) is 119 Å². The second-order valence-electron chi connectivity index (χ2n) is 13.9. The summed E-state index contributed by atoms with van der Waals surface area (Å²) in [5.74, 6) is -0.971. The first kappa shape index (κ1) is 27.3. The molecule has 1 spiro atoms. The Kier molecular flexibility index (Phi) is 5.23. The molecule has 0 unspecified atom stereocenters. The SMILES string of the molecule is CC(C)C1=C2c3ccccc3N(C)[C@@]2(C)C(C)(C)C2=C1C(=O)OC21Oc2ccc3ccccc3c2-c2c(ccc3ccccc23)O1. The quantitative estimate of drug-likeness (QED) is 0.178. The molecule has 3 heterocycles. The zero-order valence-electron chi connectivity index (χ0n) is 26.9. The van der Waals surface area contributed by atoms with Crippen molar-refractivity contribution in [1.82, 2.24) is 0 Å². The Morgan fingerprint density at radius 3 is 1.80 bits per heavy atom. The Morgan fingerprint density at radius 1 is 0.674 bits per heavy atom. The lowest BCUT2D eigenvalue weighted by Gasteiger charge is -2.53. The first-order valence-corrected chi connectivity index (χ1v) is 16.1. The van der Waals surface area contributed by atoms with E-state index in [2.05, 4.69) is 107 Å². The van der Waals surface area contributed by atoms with Crippen LogP contribution in [0.2, 0.25) is 0 Å². The lowest BCUT2D eigenvalue weighted by Crippen LogP contribution is -2.60. The van der Waals surface area contributed by atoms with Gasteiger partial charge in [0.05, 0.1) is 16.7 Å². The molecular formula is C41H35NO4. The summed E-state index contributed by atoms with van der Waals surface area (Å²) in [6.45, 7) is 11.0. The monoisotopic (exact) mass is 605 g/mol. The van der Waals surface area contributed by atoms with Crippen molar-refractivity contribution in [3.63, 3.8) is 0 Å². The molecule has 9 rings (SSSR count). The Bertz CT molecular complexity index is 2170. The average Bonchev–Trinajstić information content (AvgIpc) is 3.39. The lowest BCUT2D eigenvalue weighted by molar-refractivity contribution is -0.255. The Morgan fingerprint density at radius 2 is 1.22 bits per heavy atom. The van der Waals surface area contributed by atoms with E-state index < -0.39 is 22.9 Å². The number of fused-ring (bicyclic) bond motifs is 11. The van der Waals surface area contributed by atoms with Gasteiger partial charge in [-0.3, -0.25) is 0 Å². The predicted octanol–water partition coefficient (Wildman–Crippen LogP) is 9.30. The fraction of sp³-hybridized carbons (Fsp3) is 0.244. The molecule has 0 saturated carbocycles. The third-order valence-corrected chi connectivity index (χ3v) is 11.2. The number of nitrogens with zero attached hydrogens (tertiary/aromatic N) is 1. The van der Waals surface area contributed by atoms with Gasteiger partial charge in [0.15, 0.2) is 0 Å². The summed E-state index contributed by atoms with van der Waals surface area (Å²) in [6, 6.07) is 33.3. The standard InChI is InChI=1S/C41H35NO4/c1-23(2)32-35-37(39(3,4)40(5)36(32)28-17-11-12-18-29(28)42(40)6)41(46-38(35)43)44-30-21-19-24-13-7-9-15-26(24)33(30)34-27-16-10-8-14-25(27)20-22-31(34)45-41/h7-23H,1-6H3/t40-/m1/s1. The normalized spacial score (nSPS) is 21.8. The highest BCUT2D eigenvalue weighted by molar-refractivity contribution is 6.11. The minimum absolute atomic E-state index is 0.0379. The van der Waals surface area contributed by atoms with Crippen LogP contribution < -0.4 is 14.4 Å². The summed E-state index contributed by atoms with van der Waals surface area (Å²) >= 11 is 0. The van der Waals surface area contributed by atoms with Crippen LogP contribution >= 0.6 is 0 Å². The summed E-state index contributed by atoms with van der Waals surface area (Å²) in [5.41, 5.74) is 6.40. The molecule has 0 saturated heterocycles. The molecular weight excluding hydrogens is 570 g/mol. The van der Waals surface area contributed by atoms with E-state index in [1.807, 2.05) is 36.4 Å². The van der Waals surface area contributed by atoms with Crippen molar-refractivity contribution in [2.75, 3.05) is 11.9 Å². The molecule has 228 valence electrons. The second kappa shape index (κ2) is 8.82. The molecule has 5 heteroatoms. The average molecular weight is 606 g/mol. The summed E-state index contributed by atoms with van der Waals surface area (Å²) < 4.78 is 20.7. The van der Waals surface area contributed by atoms with Crippen LogP contribution in [0.3, 0.4) is 0 Å². The summed E-state index contributed by atoms with van der Waals surface area (Å²) in [6.07, 6.45) is 0. The minimum Gasteiger partial charge on any atom is -0.416 e. The highest BCUT2D eigenvalue weighted by atomic mass is 16.9. The number of carbonyl (C=O) groups excluding carboxylic acids is 1. The lowest BCUT2D eigenvalue weighted by atomic mass is 9.57. The van der Waals surface area contributed by atoms with E-state index in [0.717, 1.165) is 55.1 Å². The molecule has 3 aliphatic heterocycles. The van der Waals surface area contributed by atoms with Gasteiger partial charge in [0.2, 0.25) is 0 Å². The van der Waals surface area contributed by atoms with Gasteiger partial charge in [0, 0.05) is 34.8 Å². The molecule has 0 aromatic heterocycles. The van der Waals surface area contributed by atoms with Crippen LogP contribution in [0.5, 0.6) is 11.5 Å². The Balaban J connectivity index is 1.39. The van der Waals surface area contributed by atoms with Crippen molar-refractivity contribution >= 4 is 38.8 Å². The van der Waals surface area contributed by atoms with E-state index in [0.29, 0.717) is 17.1 Å². The number of ether oxygens (including phenoxy) is 3. The smallest absolute Gasteiger partial charge is 0.416 e. The van der Waals surface area contributed by atoms with E-state index in [1.54, 1.807) is 0 Å². The maximum atomic E-state index is 14.4. The van der Waals surface area contributed by atoms with Crippen LogP contribution in [0, 0.1) is 11.3 Å². The van der Waals surface area contributed by atoms with Crippen molar-refractivity contribution < 1.29 is 19.0 Å². The highest BCUT2D eigenvalue weighted by Crippen LogP contribution is 2.67. The number of hydrogen-bond acceptors (Lipinski definition) is 5. The number of esters is 1. The van der Waals surface area contributed by atoms with Gasteiger partial charge in [-0.05, 0) is 63.7 Å². The molecule has 0 bridgehead atoms. The van der Waals surface area contributed by atoms with Crippen molar-refractivity contribution in [2.45, 2.75) is 46.1 Å². The number of para-hydroxylation sites is 1. The third-order valence-electron chi connectivity index (χ3n) is 11.2. The van der Waals surface area contributed by atoms with Crippen LogP contribution in [0.25, 0.3) is 38.2 Å². The molecule has 0 fully saturated rings. The van der Waals surface area contributed by atoms with Crippen LogP contribution in [0.15, 0.2) is 114 Å². The van der Waals surface area contributed by atoms with Gasteiger partial charge in [-0.1, -0.05) is 107 Å². The van der Waals surface area contributed by atoms with Gasteiger partial charge < -0.3 is 19.1 Å². The number of likely N-dealkylation sites (N-methyl/N-ethyl adjacent to an activating group) is 1. The molecule has 0 radical (unpaired) electrons. The van der Waals surface area contributed by atoms with E-state index in [-0.39, 0.29) is 5.92 Å². The van der Waals surface area contributed by atoms with Gasteiger partial charge >= 0.3 is 11.9 Å². The van der Waals surface area contributed by atoms with Crippen LogP contribution in [-0.4, -0.2) is 24.5 Å². The fourth-order valence-corrected chi connectivity index (χ4v) is 8.80. The van der Waals surface area contributed by atoms with Gasteiger partial charge in [-0.15, -0.1) is 0 Å². The molecule has 4 aliphatic rings. The van der Waals surface area contributed by atoms with Gasteiger partial charge in [0.25, 0.3) is 0 Å². The van der Waals surface area contributed by atoms with Crippen molar-refractivity contribution in [2.24, 2.45) is 11.3 Å². The maximum absolute atomic E-state index is 14.4. The molecule has 5 nitrogen and oxygen atoms in total. The van der Waals surface area contributed by atoms with Crippen molar-refractivity contribution in [1.29, 1.82) is 0 Å². The number of anilines is 1.